The van der Waals surface area contributed by atoms with Crippen molar-refractivity contribution >= 4 is 0 Å². The summed E-state index contributed by atoms with van der Waals surface area (Å²) < 4.78 is 1.67. The van der Waals surface area contributed by atoms with Crippen LogP contribution in [0.3, 0.4) is 0 Å². The molecule has 0 aromatic carbocycles. The maximum absolute atomic E-state index is 11.4. The van der Waals surface area contributed by atoms with Crippen LogP contribution in [0.15, 0.2) is 10.9 Å². The molecule has 0 fully saturated rings. The van der Waals surface area contributed by atoms with Gasteiger partial charge in [0.1, 0.15) is 0 Å². The highest BCUT2D eigenvalue weighted by atomic mass is 16.1. The fourth-order valence-corrected chi connectivity index (χ4v) is 1.27. The highest BCUT2D eigenvalue weighted by Gasteiger charge is 2.00. The zero-order chi connectivity index (χ0) is 9.84. The molecule has 72 valence electrons. The van der Waals surface area contributed by atoms with Gasteiger partial charge in [-0.1, -0.05) is 0 Å². The summed E-state index contributed by atoms with van der Waals surface area (Å²) in [5, 5.41) is 3.00. The second kappa shape index (κ2) is 4.18. The van der Waals surface area contributed by atoms with Gasteiger partial charge in [-0.15, -0.1) is 0 Å². The molecule has 0 saturated carbocycles. The minimum Gasteiger partial charge on any atom is -0.318 e. The van der Waals surface area contributed by atoms with Gasteiger partial charge in [-0.2, -0.15) is 4.98 Å². The lowest BCUT2D eigenvalue weighted by atomic mass is 10.3. The van der Waals surface area contributed by atoms with Gasteiger partial charge in [0.05, 0.1) is 0 Å². The van der Waals surface area contributed by atoms with Crippen LogP contribution in [0.2, 0.25) is 0 Å². The van der Waals surface area contributed by atoms with Crippen molar-refractivity contribution in [2.24, 2.45) is 0 Å². The van der Waals surface area contributed by atoms with Gasteiger partial charge in [-0.05, 0) is 27.0 Å². The van der Waals surface area contributed by atoms with Crippen LogP contribution < -0.4 is 11.0 Å². The van der Waals surface area contributed by atoms with E-state index in [2.05, 4.69) is 10.3 Å². The fourth-order valence-electron chi connectivity index (χ4n) is 1.27. The minimum atomic E-state index is -0.159. The standard InChI is InChI=1S/C9H15N3O/c1-7-6-8(2)12(5-4-10-3)9(13)11-7/h6,10H,4-5H2,1-3H3. The first-order chi connectivity index (χ1) is 6.15. The third-order valence-electron chi connectivity index (χ3n) is 1.93. The highest BCUT2D eigenvalue weighted by molar-refractivity contribution is 5.06. The van der Waals surface area contributed by atoms with E-state index in [0.717, 1.165) is 17.9 Å². The second-order valence-electron chi connectivity index (χ2n) is 3.08. The molecule has 0 saturated heterocycles. The largest absolute Gasteiger partial charge is 0.347 e. The van der Waals surface area contributed by atoms with Crippen LogP contribution in [-0.4, -0.2) is 23.1 Å². The molecule has 0 spiro atoms. The van der Waals surface area contributed by atoms with E-state index in [1.807, 2.05) is 27.0 Å². The topological polar surface area (TPSA) is 46.9 Å². The number of rotatable bonds is 3. The van der Waals surface area contributed by atoms with E-state index in [1.165, 1.54) is 0 Å². The molecule has 1 aromatic rings. The van der Waals surface area contributed by atoms with Crippen LogP contribution in [0.5, 0.6) is 0 Å². The Morgan fingerprint density at radius 3 is 2.77 bits per heavy atom. The molecule has 0 aliphatic heterocycles. The van der Waals surface area contributed by atoms with E-state index in [4.69, 9.17) is 0 Å². The third-order valence-corrected chi connectivity index (χ3v) is 1.93. The van der Waals surface area contributed by atoms with Crippen LogP contribution in [-0.2, 0) is 6.54 Å². The molecule has 4 nitrogen and oxygen atoms in total. The first kappa shape index (κ1) is 9.92. The molecule has 0 atom stereocenters. The van der Waals surface area contributed by atoms with Gasteiger partial charge >= 0.3 is 5.69 Å². The van der Waals surface area contributed by atoms with Gasteiger partial charge in [-0.25, -0.2) is 4.79 Å². The maximum atomic E-state index is 11.4. The smallest absolute Gasteiger partial charge is 0.318 e. The van der Waals surface area contributed by atoms with E-state index in [-0.39, 0.29) is 5.69 Å². The number of aromatic nitrogens is 2. The van der Waals surface area contributed by atoms with E-state index < -0.39 is 0 Å². The quantitative estimate of drug-likeness (QED) is 0.718. The Morgan fingerprint density at radius 1 is 1.54 bits per heavy atom. The van der Waals surface area contributed by atoms with Gasteiger partial charge in [0.2, 0.25) is 0 Å². The molecule has 13 heavy (non-hydrogen) atoms. The van der Waals surface area contributed by atoms with Gasteiger partial charge in [0.25, 0.3) is 0 Å². The Kier molecular flexibility index (Phi) is 3.19. The van der Waals surface area contributed by atoms with Crippen LogP contribution in [0.4, 0.5) is 0 Å². The van der Waals surface area contributed by atoms with Crippen molar-refractivity contribution in [3.05, 3.63) is 27.9 Å². The molecule has 0 unspecified atom stereocenters. The zero-order valence-corrected chi connectivity index (χ0v) is 8.29. The summed E-state index contributed by atoms with van der Waals surface area (Å²) in [5.74, 6) is 0. The van der Waals surface area contributed by atoms with Crippen molar-refractivity contribution in [3.63, 3.8) is 0 Å². The SMILES string of the molecule is CNCCn1c(C)cc(C)nc1=O. The first-order valence-corrected chi connectivity index (χ1v) is 4.35. The van der Waals surface area contributed by atoms with Gasteiger partial charge in [-0.3, -0.25) is 4.57 Å². The molecule has 1 heterocycles. The molecule has 0 aliphatic carbocycles. The van der Waals surface area contributed by atoms with Crippen molar-refractivity contribution in [3.8, 4) is 0 Å². The first-order valence-electron chi connectivity index (χ1n) is 4.35. The predicted octanol–water partition coefficient (Wildman–Crippen LogP) is 0.0795. The number of hydrogen-bond acceptors (Lipinski definition) is 3. The summed E-state index contributed by atoms with van der Waals surface area (Å²) in [6.45, 7) is 5.21. The van der Waals surface area contributed by atoms with Gasteiger partial charge in [0.15, 0.2) is 0 Å². The lowest BCUT2D eigenvalue weighted by molar-refractivity contribution is 0.595. The Morgan fingerprint density at radius 2 is 2.23 bits per heavy atom. The van der Waals surface area contributed by atoms with Gasteiger partial charge < -0.3 is 5.32 Å². The molecular formula is C9H15N3O. The summed E-state index contributed by atoms with van der Waals surface area (Å²) >= 11 is 0. The summed E-state index contributed by atoms with van der Waals surface area (Å²) in [6, 6.07) is 1.91. The molecular weight excluding hydrogens is 166 g/mol. The van der Waals surface area contributed by atoms with Gasteiger partial charge in [0, 0.05) is 24.5 Å². The Hall–Kier alpha value is -1.16. The van der Waals surface area contributed by atoms with Crippen molar-refractivity contribution in [2.75, 3.05) is 13.6 Å². The van der Waals surface area contributed by atoms with Crippen molar-refractivity contribution in [1.29, 1.82) is 0 Å². The zero-order valence-electron chi connectivity index (χ0n) is 8.29. The fraction of sp³-hybridized carbons (Fsp3) is 0.556. The number of likely N-dealkylation sites (N-methyl/N-ethyl adjacent to an activating group) is 1. The Bertz CT molecular complexity index is 343. The van der Waals surface area contributed by atoms with Crippen molar-refractivity contribution < 1.29 is 0 Å². The van der Waals surface area contributed by atoms with Crippen LogP contribution in [0.1, 0.15) is 11.4 Å². The molecule has 1 aromatic heterocycles. The number of hydrogen-bond donors (Lipinski definition) is 1. The summed E-state index contributed by atoms with van der Waals surface area (Å²) in [6.07, 6.45) is 0. The minimum absolute atomic E-state index is 0.159. The predicted molar refractivity (Wildman–Crippen MR) is 51.9 cm³/mol. The van der Waals surface area contributed by atoms with E-state index in [0.29, 0.717) is 6.54 Å². The molecule has 1 rings (SSSR count). The highest BCUT2D eigenvalue weighted by Crippen LogP contribution is 1.95. The molecule has 0 radical (unpaired) electrons. The average molecular weight is 181 g/mol. The monoisotopic (exact) mass is 181 g/mol. The average Bonchev–Trinajstić information content (AvgIpc) is 2.02. The van der Waals surface area contributed by atoms with Crippen molar-refractivity contribution in [2.45, 2.75) is 20.4 Å². The van der Waals surface area contributed by atoms with Crippen molar-refractivity contribution in [1.82, 2.24) is 14.9 Å². The van der Waals surface area contributed by atoms with E-state index in [9.17, 15) is 4.79 Å². The lowest BCUT2D eigenvalue weighted by Crippen LogP contribution is -2.29. The molecule has 4 heteroatoms. The summed E-state index contributed by atoms with van der Waals surface area (Å²) in [7, 11) is 1.86. The molecule has 0 aliphatic rings. The number of nitrogens with one attached hydrogen (secondary N) is 1. The third kappa shape index (κ3) is 2.39. The van der Waals surface area contributed by atoms with Crippen LogP contribution in [0.25, 0.3) is 0 Å². The Balaban J connectivity index is 2.99. The molecule has 1 N–H and O–H groups in total. The van der Waals surface area contributed by atoms with Crippen LogP contribution >= 0.6 is 0 Å². The number of nitrogens with zero attached hydrogens (tertiary/aromatic N) is 2. The summed E-state index contributed by atoms with van der Waals surface area (Å²) in [5.41, 5.74) is 1.59. The van der Waals surface area contributed by atoms with E-state index >= 15 is 0 Å². The maximum Gasteiger partial charge on any atom is 0.347 e. The molecule has 0 bridgehead atoms. The summed E-state index contributed by atoms with van der Waals surface area (Å²) in [4.78, 5) is 15.3. The normalized spacial score (nSPS) is 10.4. The Labute approximate surface area is 77.6 Å². The van der Waals surface area contributed by atoms with E-state index in [1.54, 1.807) is 4.57 Å². The number of aryl methyl sites for hydroxylation is 2. The van der Waals surface area contributed by atoms with Crippen LogP contribution in [0, 0.1) is 13.8 Å². The second-order valence-corrected chi connectivity index (χ2v) is 3.08. The molecule has 0 amide bonds. The lowest BCUT2D eigenvalue weighted by Gasteiger charge is -2.08.